The van der Waals surface area contributed by atoms with Crippen LogP contribution in [0.4, 0.5) is 0 Å². The first-order chi connectivity index (χ1) is 11.2. The molecule has 3 unspecified atom stereocenters. The molecule has 0 radical (unpaired) electrons. The molecule has 1 N–H and O–H groups in total. The molecule has 0 spiro atoms. The van der Waals surface area contributed by atoms with Crippen molar-refractivity contribution in [1.29, 1.82) is 0 Å². The summed E-state index contributed by atoms with van der Waals surface area (Å²) in [5.41, 5.74) is 0.964. The molecule has 6 atom stereocenters. The number of rotatable bonds is 5. The quantitative estimate of drug-likeness (QED) is 0.844. The first-order valence-corrected chi connectivity index (χ1v) is 8.48. The fraction of sp³-hybridized carbons (Fsp3) is 0.667. The topological polar surface area (TPSA) is 57.2 Å². The molecule has 2 aliphatic rings. The van der Waals surface area contributed by atoms with E-state index < -0.39 is 12.4 Å². The zero-order valence-electron chi connectivity index (χ0n) is 13.8. The van der Waals surface area contributed by atoms with Crippen LogP contribution in [0, 0.1) is 0 Å². The van der Waals surface area contributed by atoms with E-state index in [2.05, 4.69) is 6.92 Å². The summed E-state index contributed by atoms with van der Waals surface area (Å²) in [4.78, 5) is 0. The maximum absolute atomic E-state index is 10.5. The first kappa shape index (κ1) is 16.9. The Bertz CT molecular complexity index is 480. The zero-order chi connectivity index (χ0) is 16.2. The summed E-state index contributed by atoms with van der Waals surface area (Å²) >= 11 is 0. The fourth-order valence-electron chi connectivity index (χ4n) is 3.11. The van der Waals surface area contributed by atoms with E-state index in [9.17, 15) is 5.11 Å². The van der Waals surface area contributed by atoms with E-state index >= 15 is 0 Å². The van der Waals surface area contributed by atoms with Gasteiger partial charge in [0.1, 0.15) is 24.4 Å². The predicted molar refractivity (Wildman–Crippen MR) is 85.0 cm³/mol. The van der Waals surface area contributed by atoms with Crippen LogP contribution in [-0.4, -0.2) is 48.8 Å². The van der Waals surface area contributed by atoms with Crippen LogP contribution in [0.3, 0.4) is 0 Å². The van der Waals surface area contributed by atoms with Gasteiger partial charge in [-0.3, -0.25) is 0 Å². The highest BCUT2D eigenvalue weighted by Crippen LogP contribution is 2.35. The largest absolute Gasteiger partial charge is 0.388 e. The van der Waals surface area contributed by atoms with Gasteiger partial charge in [0.2, 0.25) is 0 Å². The van der Waals surface area contributed by atoms with E-state index in [1.54, 1.807) is 0 Å². The summed E-state index contributed by atoms with van der Waals surface area (Å²) < 4.78 is 23.7. The molecule has 0 bridgehead atoms. The number of hydrogen-bond donors (Lipinski definition) is 1. The van der Waals surface area contributed by atoms with Gasteiger partial charge in [-0.05, 0) is 13.3 Å². The summed E-state index contributed by atoms with van der Waals surface area (Å²) in [6.45, 7) is 5.04. The Morgan fingerprint density at radius 1 is 1.22 bits per heavy atom. The predicted octanol–water partition coefficient (Wildman–Crippen LogP) is 2.43. The van der Waals surface area contributed by atoms with Crippen molar-refractivity contribution in [2.24, 2.45) is 0 Å². The second kappa shape index (κ2) is 7.73. The van der Waals surface area contributed by atoms with Gasteiger partial charge in [0, 0.05) is 12.2 Å². The van der Waals surface area contributed by atoms with Crippen LogP contribution < -0.4 is 0 Å². The van der Waals surface area contributed by atoms with Crippen LogP contribution in [0.15, 0.2) is 30.3 Å². The Kier molecular flexibility index (Phi) is 5.67. The molecule has 0 amide bonds. The minimum Gasteiger partial charge on any atom is -0.388 e. The molecular weight excluding hydrogens is 296 g/mol. The third-order valence-electron chi connectivity index (χ3n) is 4.47. The van der Waals surface area contributed by atoms with Gasteiger partial charge < -0.3 is 24.1 Å². The van der Waals surface area contributed by atoms with Crippen LogP contribution in [0.25, 0.3) is 0 Å². The summed E-state index contributed by atoms with van der Waals surface area (Å²) in [6.07, 6.45) is -0.319. The summed E-state index contributed by atoms with van der Waals surface area (Å²) in [6, 6.07) is 9.82. The van der Waals surface area contributed by atoms with Crippen molar-refractivity contribution in [1.82, 2.24) is 0 Å². The highest BCUT2D eigenvalue weighted by molar-refractivity contribution is 5.16. The van der Waals surface area contributed by atoms with Gasteiger partial charge in [0.05, 0.1) is 12.7 Å². The van der Waals surface area contributed by atoms with Crippen LogP contribution in [0.1, 0.15) is 38.5 Å². The lowest BCUT2D eigenvalue weighted by atomic mass is 9.94. The summed E-state index contributed by atoms with van der Waals surface area (Å²) in [5.74, 6) is 0. The second-order valence-corrected chi connectivity index (χ2v) is 6.24. The zero-order valence-corrected chi connectivity index (χ0v) is 13.8. The van der Waals surface area contributed by atoms with Crippen molar-refractivity contribution in [3.63, 3.8) is 0 Å². The lowest BCUT2D eigenvalue weighted by Gasteiger charge is -2.47. The van der Waals surface area contributed by atoms with Crippen molar-refractivity contribution in [2.75, 3.05) is 13.2 Å². The van der Waals surface area contributed by atoms with Gasteiger partial charge in [-0.15, -0.1) is 0 Å². The normalized spacial score (nSPS) is 37.3. The monoisotopic (exact) mass is 322 g/mol. The van der Waals surface area contributed by atoms with Crippen LogP contribution >= 0.6 is 0 Å². The number of aliphatic hydroxyl groups is 1. The Morgan fingerprint density at radius 2 is 2.00 bits per heavy atom. The highest BCUT2D eigenvalue weighted by Gasteiger charge is 2.48. The molecule has 0 aliphatic carbocycles. The van der Waals surface area contributed by atoms with E-state index in [0.29, 0.717) is 13.2 Å². The number of fused-ring (bicyclic) bond motifs is 1. The molecule has 2 fully saturated rings. The standard InChI is InChI=1S/C18H26O5/c1-3-4-10-20-17-15(19)12(2)22-14-11-21-18(23-16(14)17)13-8-6-5-7-9-13/h5-9,12,14-19H,3-4,10-11H2,1-2H3/t12-,14?,15-,16-,17?,18?/m1/s1. The second-order valence-electron chi connectivity index (χ2n) is 6.24. The van der Waals surface area contributed by atoms with Crippen LogP contribution in [-0.2, 0) is 18.9 Å². The summed E-state index contributed by atoms with van der Waals surface area (Å²) in [5, 5.41) is 10.5. The SMILES string of the molecule is CCCCOC1[C@@H]2OC(c3ccccc3)OCC2O[C@H](C)[C@H]1O. The molecule has 2 heterocycles. The van der Waals surface area contributed by atoms with Crippen molar-refractivity contribution < 1.29 is 24.1 Å². The Hall–Kier alpha value is -0.980. The van der Waals surface area contributed by atoms with Gasteiger partial charge in [-0.1, -0.05) is 43.7 Å². The molecule has 3 rings (SSSR count). The van der Waals surface area contributed by atoms with Gasteiger partial charge in [-0.2, -0.15) is 0 Å². The highest BCUT2D eigenvalue weighted by atomic mass is 16.7. The minimum atomic E-state index is -0.692. The number of benzene rings is 1. The number of hydrogen-bond acceptors (Lipinski definition) is 5. The number of aliphatic hydroxyl groups excluding tert-OH is 1. The fourth-order valence-corrected chi connectivity index (χ4v) is 3.11. The smallest absolute Gasteiger partial charge is 0.184 e. The summed E-state index contributed by atoms with van der Waals surface area (Å²) in [7, 11) is 0. The maximum Gasteiger partial charge on any atom is 0.184 e. The van der Waals surface area contributed by atoms with E-state index in [4.69, 9.17) is 18.9 Å². The average molecular weight is 322 g/mol. The molecule has 1 aromatic carbocycles. The molecule has 0 aromatic heterocycles. The van der Waals surface area contributed by atoms with E-state index in [1.165, 1.54) is 0 Å². The van der Waals surface area contributed by atoms with Crippen LogP contribution in [0.2, 0.25) is 0 Å². The molecule has 5 heteroatoms. The Balaban J connectivity index is 1.72. The minimum absolute atomic E-state index is 0.208. The van der Waals surface area contributed by atoms with Gasteiger partial charge in [0.15, 0.2) is 6.29 Å². The van der Waals surface area contributed by atoms with Crippen molar-refractivity contribution in [2.45, 2.75) is 63.5 Å². The third-order valence-corrected chi connectivity index (χ3v) is 4.47. The first-order valence-electron chi connectivity index (χ1n) is 8.48. The van der Waals surface area contributed by atoms with Crippen molar-refractivity contribution >= 4 is 0 Å². The molecule has 0 saturated carbocycles. The number of ether oxygens (including phenoxy) is 4. The average Bonchev–Trinajstić information content (AvgIpc) is 2.59. The van der Waals surface area contributed by atoms with Gasteiger partial charge in [-0.25, -0.2) is 0 Å². The van der Waals surface area contributed by atoms with Crippen molar-refractivity contribution in [3.05, 3.63) is 35.9 Å². The Morgan fingerprint density at radius 3 is 2.74 bits per heavy atom. The van der Waals surface area contributed by atoms with E-state index in [1.807, 2.05) is 37.3 Å². The van der Waals surface area contributed by atoms with Gasteiger partial charge >= 0.3 is 0 Å². The molecule has 128 valence electrons. The molecule has 2 saturated heterocycles. The molecule has 5 nitrogen and oxygen atoms in total. The molecule has 23 heavy (non-hydrogen) atoms. The third kappa shape index (κ3) is 3.75. The molecule has 2 aliphatic heterocycles. The van der Waals surface area contributed by atoms with E-state index in [-0.39, 0.29) is 24.4 Å². The lowest BCUT2D eigenvalue weighted by Crippen LogP contribution is -2.61. The molecule has 1 aromatic rings. The van der Waals surface area contributed by atoms with Crippen molar-refractivity contribution in [3.8, 4) is 0 Å². The molecular formula is C18H26O5. The number of unbranched alkanes of at least 4 members (excludes halogenated alkanes) is 1. The van der Waals surface area contributed by atoms with Crippen LogP contribution in [0.5, 0.6) is 0 Å². The Labute approximate surface area is 137 Å². The maximum atomic E-state index is 10.5. The lowest BCUT2D eigenvalue weighted by molar-refractivity contribution is -0.331. The van der Waals surface area contributed by atoms with Gasteiger partial charge in [0.25, 0.3) is 0 Å². The van der Waals surface area contributed by atoms with E-state index in [0.717, 1.165) is 18.4 Å².